The molecule has 2 rings (SSSR count). The number of ether oxygens (including phenoxy) is 1. The Labute approximate surface area is 164 Å². The Morgan fingerprint density at radius 2 is 1.75 bits per heavy atom. The lowest BCUT2D eigenvalue weighted by Gasteiger charge is -2.19. The molecule has 8 nitrogen and oxygen atoms in total. The third-order valence-electron chi connectivity index (χ3n) is 4.38. The lowest BCUT2D eigenvalue weighted by Crippen LogP contribution is -2.40. The van der Waals surface area contributed by atoms with E-state index >= 15 is 0 Å². The average molecular weight is 389 g/mol. The van der Waals surface area contributed by atoms with Crippen LogP contribution in [-0.4, -0.2) is 47.4 Å². The summed E-state index contributed by atoms with van der Waals surface area (Å²) in [5.74, 6) is -1.53. The van der Waals surface area contributed by atoms with Crippen molar-refractivity contribution >= 4 is 29.5 Å². The molecular formula is C20H27N3O5. The number of nitrogens with zero attached hydrogens (tertiary/aromatic N) is 1. The van der Waals surface area contributed by atoms with E-state index in [1.54, 1.807) is 26.0 Å². The van der Waals surface area contributed by atoms with E-state index in [1.165, 1.54) is 0 Å². The molecule has 1 aromatic rings. The van der Waals surface area contributed by atoms with Gasteiger partial charge in [-0.15, -0.1) is 0 Å². The Bertz CT molecular complexity index is 778. The van der Waals surface area contributed by atoms with Crippen molar-refractivity contribution in [1.82, 2.24) is 10.2 Å². The number of amides is 4. The fourth-order valence-corrected chi connectivity index (χ4v) is 2.69. The van der Waals surface area contributed by atoms with Gasteiger partial charge in [0.05, 0.1) is 6.42 Å². The van der Waals surface area contributed by atoms with Gasteiger partial charge in [-0.1, -0.05) is 32.9 Å². The Hall–Kier alpha value is -2.90. The zero-order valence-electron chi connectivity index (χ0n) is 16.9. The van der Waals surface area contributed by atoms with Crippen LogP contribution in [0.2, 0.25) is 0 Å². The van der Waals surface area contributed by atoms with Crippen molar-refractivity contribution in [1.29, 1.82) is 0 Å². The van der Waals surface area contributed by atoms with E-state index in [9.17, 15) is 19.2 Å². The maximum absolute atomic E-state index is 12.0. The van der Waals surface area contributed by atoms with Gasteiger partial charge >= 0.3 is 12.0 Å². The van der Waals surface area contributed by atoms with Crippen molar-refractivity contribution in [3.05, 3.63) is 29.8 Å². The summed E-state index contributed by atoms with van der Waals surface area (Å²) in [4.78, 5) is 48.5. The van der Waals surface area contributed by atoms with E-state index in [0.717, 1.165) is 10.5 Å². The summed E-state index contributed by atoms with van der Waals surface area (Å²) in [6.45, 7) is 8.93. The lowest BCUT2D eigenvalue weighted by atomic mass is 9.87. The molecule has 8 heteroatoms. The van der Waals surface area contributed by atoms with E-state index < -0.39 is 36.0 Å². The minimum absolute atomic E-state index is 0.0148. The topological polar surface area (TPSA) is 105 Å². The molecule has 4 amide bonds. The van der Waals surface area contributed by atoms with Gasteiger partial charge in [0.25, 0.3) is 11.8 Å². The highest BCUT2D eigenvalue weighted by Gasteiger charge is 2.44. The number of hydrogen-bond donors (Lipinski definition) is 2. The number of urea groups is 1. The minimum atomic E-state index is -0.983. The van der Waals surface area contributed by atoms with Crippen LogP contribution < -0.4 is 10.6 Å². The maximum atomic E-state index is 12.0. The van der Waals surface area contributed by atoms with E-state index in [1.807, 2.05) is 12.1 Å². The molecule has 152 valence electrons. The highest BCUT2D eigenvalue weighted by atomic mass is 16.5. The van der Waals surface area contributed by atoms with Crippen molar-refractivity contribution in [2.45, 2.75) is 52.0 Å². The molecule has 1 heterocycles. The van der Waals surface area contributed by atoms with Crippen LogP contribution in [0.1, 0.15) is 46.6 Å². The predicted molar refractivity (Wildman–Crippen MR) is 104 cm³/mol. The van der Waals surface area contributed by atoms with Crippen molar-refractivity contribution in [2.75, 3.05) is 18.5 Å². The molecule has 1 aliphatic rings. The number of nitrogens with one attached hydrogen (secondary N) is 2. The van der Waals surface area contributed by atoms with Gasteiger partial charge in [-0.3, -0.25) is 19.3 Å². The quantitative estimate of drug-likeness (QED) is 0.573. The standard InChI is InChI=1S/C20H27N3O5/c1-19(2,3)13-6-8-14(9-7-13)21-15(24)12-28-16(25)10-11-23-17(26)20(4,5)22-18(23)27/h6-9H,10-12H2,1-5H3,(H,21,24)(H,22,27). The van der Waals surface area contributed by atoms with Crippen LogP contribution in [0, 0.1) is 0 Å². The van der Waals surface area contributed by atoms with Crippen molar-refractivity contribution in [3.8, 4) is 0 Å². The van der Waals surface area contributed by atoms with Crippen LogP contribution in [0.3, 0.4) is 0 Å². The molecule has 0 saturated carbocycles. The molecule has 1 saturated heterocycles. The highest BCUT2D eigenvalue weighted by Crippen LogP contribution is 2.23. The number of carbonyl (C=O) groups excluding carboxylic acids is 4. The molecule has 2 N–H and O–H groups in total. The molecular weight excluding hydrogens is 362 g/mol. The van der Waals surface area contributed by atoms with Crippen LogP contribution in [0.25, 0.3) is 0 Å². The van der Waals surface area contributed by atoms with Crippen LogP contribution in [-0.2, 0) is 24.5 Å². The molecule has 0 aliphatic carbocycles. The van der Waals surface area contributed by atoms with Gasteiger partial charge in [0.1, 0.15) is 5.54 Å². The second-order valence-electron chi connectivity index (χ2n) is 8.30. The number of imide groups is 1. The fraction of sp³-hybridized carbons (Fsp3) is 0.500. The highest BCUT2D eigenvalue weighted by molar-refractivity contribution is 6.06. The molecule has 0 aromatic heterocycles. The van der Waals surface area contributed by atoms with Crippen molar-refractivity contribution < 1.29 is 23.9 Å². The molecule has 28 heavy (non-hydrogen) atoms. The fourth-order valence-electron chi connectivity index (χ4n) is 2.69. The molecule has 0 spiro atoms. The van der Waals surface area contributed by atoms with Crippen LogP contribution in [0.4, 0.5) is 10.5 Å². The summed E-state index contributed by atoms with van der Waals surface area (Å²) in [6, 6.07) is 6.90. The van der Waals surface area contributed by atoms with Crippen LogP contribution in [0.15, 0.2) is 24.3 Å². The summed E-state index contributed by atoms with van der Waals surface area (Å²) < 4.78 is 4.92. The first-order chi connectivity index (χ1) is 12.9. The maximum Gasteiger partial charge on any atom is 0.325 e. The number of esters is 1. The third kappa shape index (κ3) is 5.31. The molecule has 1 aromatic carbocycles. The lowest BCUT2D eigenvalue weighted by molar-refractivity contribution is -0.147. The monoisotopic (exact) mass is 389 g/mol. The van der Waals surface area contributed by atoms with E-state index in [4.69, 9.17) is 4.74 Å². The first kappa shape index (κ1) is 21.4. The summed E-state index contributed by atoms with van der Waals surface area (Å²) in [7, 11) is 0. The molecule has 1 aliphatic heterocycles. The van der Waals surface area contributed by atoms with Gasteiger partial charge in [-0.05, 0) is 37.0 Å². The van der Waals surface area contributed by atoms with Gasteiger partial charge in [0, 0.05) is 12.2 Å². The zero-order chi connectivity index (χ0) is 21.1. The first-order valence-electron chi connectivity index (χ1n) is 9.10. The summed E-state index contributed by atoms with van der Waals surface area (Å²) >= 11 is 0. The number of rotatable bonds is 6. The number of benzene rings is 1. The summed E-state index contributed by atoms with van der Waals surface area (Å²) in [6.07, 6.45) is -0.178. The molecule has 0 atom stereocenters. The Balaban J connectivity index is 1.76. The molecule has 0 radical (unpaired) electrons. The average Bonchev–Trinajstić information content (AvgIpc) is 2.78. The van der Waals surface area contributed by atoms with Gasteiger partial charge in [0.15, 0.2) is 6.61 Å². The second-order valence-corrected chi connectivity index (χ2v) is 8.30. The van der Waals surface area contributed by atoms with Gasteiger partial charge in [0.2, 0.25) is 0 Å². The van der Waals surface area contributed by atoms with E-state index in [0.29, 0.717) is 5.69 Å². The Kier molecular flexibility index (Phi) is 6.11. The zero-order valence-corrected chi connectivity index (χ0v) is 16.9. The SMILES string of the molecule is CC1(C)NC(=O)N(CCC(=O)OCC(=O)Nc2ccc(C(C)(C)C)cc2)C1=O. The number of anilines is 1. The minimum Gasteiger partial charge on any atom is -0.456 e. The molecule has 0 unspecified atom stereocenters. The van der Waals surface area contributed by atoms with Crippen LogP contribution >= 0.6 is 0 Å². The second kappa shape index (κ2) is 8.00. The Morgan fingerprint density at radius 1 is 1.14 bits per heavy atom. The molecule has 1 fully saturated rings. The Morgan fingerprint density at radius 3 is 2.25 bits per heavy atom. The van der Waals surface area contributed by atoms with Gasteiger partial charge in [-0.2, -0.15) is 0 Å². The van der Waals surface area contributed by atoms with Gasteiger partial charge < -0.3 is 15.4 Å². The molecule has 0 bridgehead atoms. The van der Waals surface area contributed by atoms with Crippen molar-refractivity contribution in [2.24, 2.45) is 0 Å². The third-order valence-corrected chi connectivity index (χ3v) is 4.38. The smallest absolute Gasteiger partial charge is 0.325 e. The number of hydrogen-bond acceptors (Lipinski definition) is 5. The van der Waals surface area contributed by atoms with Crippen molar-refractivity contribution in [3.63, 3.8) is 0 Å². The number of carbonyl (C=O) groups is 4. The normalized spacial score (nSPS) is 16.0. The summed E-state index contributed by atoms with van der Waals surface area (Å²) in [5.41, 5.74) is 0.779. The van der Waals surface area contributed by atoms with E-state index in [-0.39, 0.29) is 18.4 Å². The summed E-state index contributed by atoms with van der Waals surface area (Å²) in [5, 5.41) is 5.18. The van der Waals surface area contributed by atoms with Gasteiger partial charge in [-0.25, -0.2) is 4.79 Å². The largest absolute Gasteiger partial charge is 0.456 e. The van der Waals surface area contributed by atoms with Crippen LogP contribution in [0.5, 0.6) is 0 Å². The van der Waals surface area contributed by atoms with E-state index in [2.05, 4.69) is 31.4 Å². The first-order valence-corrected chi connectivity index (χ1v) is 9.10. The predicted octanol–water partition coefficient (Wildman–Crippen LogP) is 2.19.